The van der Waals surface area contributed by atoms with Crippen LogP contribution in [-0.2, 0) is 13.1 Å². The predicted octanol–water partition coefficient (Wildman–Crippen LogP) is 11.5. The monoisotopic (exact) mass is 1180 g/mol. The van der Waals surface area contributed by atoms with Crippen LogP contribution in [0.3, 0.4) is 0 Å². The summed E-state index contributed by atoms with van der Waals surface area (Å²) in [4.78, 5) is 91.9. The lowest BCUT2D eigenvalue weighted by atomic mass is 10.1. The van der Waals surface area contributed by atoms with E-state index < -0.39 is 33.7 Å². The smallest absolute Gasteiger partial charge is 0.331 e. The van der Waals surface area contributed by atoms with E-state index in [0.717, 1.165) is 50.2 Å². The number of nitrogens with two attached hydrogens (primary N) is 1. The second kappa shape index (κ2) is 31.5. The second-order valence-electron chi connectivity index (χ2n) is 20.6. The fourth-order valence-electron chi connectivity index (χ4n) is 8.94. The fraction of sp³-hybridized carbons (Fsp3) is 0.258. The minimum atomic E-state index is -0.619. The van der Waals surface area contributed by atoms with Gasteiger partial charge in [0.25, 0.3) is 16.7 Å². The maximum absolute atomic E-state index is 12.8. The molecule has 0 radical (unpaired) electrons. The molecule has 0 aliphatic carbocycles. The molecular formula is C66H72N12O9. The Morgan fingerprint density at radius 3 is 1.26 bits per heavy atom. The lowest BCUT2D eigenvalue weighted by Gasteiger charge is -2.19. The zero-order valence-electron chi connectivity index (χ0n) is 48.7. The molecule has 0 fully saturated rings. The van der Waals surface area contributed by atoms with Gasteiger partial charge in [0, 0.05) is 36.3 Å². The number of anilines is 1. The third kappa shape index (κ3) is 19.0. The third-order valence-corrected chi connectivity index (χ3v) is 12.5. The lowest BCUT2D eigenvalue weighted by Crippen LogP contribution is -2.34. The van der Waals surface area contributed by atoms with Gasteiger partial charge in [-0.1, -0.05) is 74.6 Å². The van der Waals surface area contributed by atoms with Gasteiger partial charge in [0.2, 0.25) is 17.6 Å². The lowest BCUT2D eigenvalue weighted by molar-refractivity contribution is 0.410. The minimum absolute atomic E-state index is 0. The number of nitrogen functional groups attached to an aromatic ring is 1. The molecule has 0 aliphatic rings. The summed E-state index contributed by atoms with van der Waals surface area (Å²) in [5.41, 5.74) is 11.3. The highest BCUT2D eigenvalue weighted by Gasteiger charge is 2.23. The van der Waals surface area contributed by atoms with E-state index in [1.807, 2.05) is 124 Å². The number of nitrogens with one attached hydrogen (secondary N) is 4. The molecule has 87 heavy (non-hydrogen) atoms. The first-order chi connectivity index (χ1) is 40.5. The van der Waals surface area contributed by atoms with Crippen molar-refractivity contribution in [1.29, 1.82) is 15.8 Å². The van der Waals surface area contributed by atoms with Crippen molar-refractivity contribution in [3.63, 3.8) is 0 Å². The molecule has 5 heterocycles. The molecule has 8 rings (SSSR count). The minimum Gasteiger partial charge on any atom is -0.440 e. The van der Waals surface area contributed by atoms with E-state index in [-0.39, 0.29) is 63.3 Å². The molecule has 8 aromatic rings. The van der Waals surface area contributed by atoms with Crippen LogP contribution >= 0.6 is 0 Å². The van der Waals surface area contributed by atoms with Gasteiger partial charge in [0.05, 0.1) is 48.0 Å². The number of hydrogen-bond acceptors (Lipinski definition) is 15. The highest BCUT2D eigenvalue weighted by atomic mass is 16.5. The van der Waals surface area contributed by atoms with Crippen molar-refractivity contribution in [2.75, 3.05) is 5.73 Å². The van der Waals surface area contributed by atoms with Crippen LogP contribution in [0.15, 0.2) is 138 Å². The van der Waals surface area contributed by atoms with Gasteiger partial charge < -0.3 is 19.9 Å². The third-order valence-electron chi connectivity index (χ3n) is 12.5. The number of pyridine rings is 2. The summed E-state index contributed by atoms with van der Waals surface area (Å²) < 4.78 is 20.9. The Hall–Kier alpha value is -11.1. The van der Waals surface area contributed by atoms with Crippen molar-refractivity contribution in [3.05, 3.63) is 239 Å². The van der Waals surface area contributed by atoms with Crippen molar-refractivity contribution in [2.24, 2.45) is 0 Å². The second-order valence-corrected chi connectivity index (χ2v) is 20.6. The van der Waals surface area contributed by atoms with Crippen LogP contribution in [0.2, 0.25) is 0 Å². The van der Waals surface area contributed by atoms with Gasteiger partial charge in [0.1, 0.15) is 23.1 Å². The average Bonchev–Trinajstić information content (AvgIpc) is 1.38. The van der Waals surface area contributed by atoms with Gasteiger partial charge >= 0.3 is 17.1 Å². The first kappa shape index (κ1) is 68.4. The molecule has 450 valence electrons. The largest absolute Gasteiger partial charge is 0.440 e. The molecule has 0 saturated carbocycles. The summed E-state index contributed by atoms with van der Waals surface area (Å²) >= 11 is 0. The Kier molecular flexibility index (Phi) is 24.8. The fourth-order valence-corrected chi connectivity index (χ4v) is 8.94. The van der Waals surface area contributed by atoms with Crippen LogP contribution in [0.25, 0.3) is 18.2 Å². The van der Waals surface area contributed by atoms with E-state index in [9.17, 15) is 28.8 Å². The molecule has 0 unspecified atom stereocenters. The normalized spacial score (nSPS) is 10.8. The molecule has 0 atom stereocenters. The van der Waals surface area contributed by atoms with E-state index in [2.05, 4.69) is 29.9 Å². The van der Waals surface area contributed by atoms with Crippen LogP contribution in [0.1, 0.15) is 141 Å². The highest BCUT2D eigenvalue weighted by molar-refractivity contribution is 5.58. The summed E-state index contributed by atoms with van der Waals surface area (Å²) in [6.45, 7) is 19.1. The average molecular weight is 1180 g/mol. The van der Waals surface area contributed by atoms with E-state index in [4.69, 9.17) is 35.7 Å². The quantitative estimate of drug-likeness (QED) is 0.0561. The number of nitrogens with zero attached hydrogens (tertiary/aromatic N) is 7. The van der Waals surface area contributed by atoms with Crippen molar-refractivity contribution in [3.8, 4) is 53.1 Å². The Labute approximate surface area is 503 Å². The van der Waals surface area contributed by atoms with Gasteiger partial charge in [-0.05, 0) is 169 Å². The topological polar surface area (TPSA) is 326 Å². The summed E-state index contributed by atoms with van der Waals surface area (Å²) in [5, 5.41) is 26.2. The van der Waals surface area contributed by atoms with Crippen molar-refractivity contribution in [2.45, 2.75) is 115 Å². The number of benzene rings is 3. The molecule has 0 saturated heterocycles. The maximum atomic E-state index is 12.8. The molecule has 6 N–H and O–H groups in total. The molecule has 3 aromatic carbocycles. The highest BCUT2D eigenvalue weighted by Crippen LogP contribution is 2.32. The SMILES string of the molecule is C.C.Cc1cc(/C=C/C#N)cc(Oc2[nH]c(=O)[nH]c(=O)c2C(C)C)c1.Cc1cc(/C=C/C#N)cc(Oc2c(C(C)C)c(=O)[nH]c(=O)n2Cc2ccnc(C)c2)c1.Cc1cc(/C=C/C#N)cc(Oc2c(C(C)C)c(=O)[nH]c(=O)n2Cc2ccnc(N)c2)c1. The number of hydrogen-bond donors (Lipinski definition) is 5. The van der Waals surface area contributed by atoms with Gasteiger partial charge in [-0.25, -0.2) is 19.4 Å². The number of rotatable bonds is 16. The molecule has 0 aliphatic heterocycles. The Balaban J connectivity index is 0.000000280. The number of aryl methyl sites for hydroxylation is 4. The zero-order chi connectivity index (χ0) is 62.1. The van der Waals surface area contributed by atoms with Crippen molar-refractivity contribution in [1.82, 2.24) is 39.0 Å². The van der Waals surface area contributed by atoms with Crippen LogP contribution in [0.4, 0.5) is 5.82 Å². The van der Waals surface area contributed by atoms with E-state index in [1.165, 1.54) is 27.4 Å². The Morgan fingerprint density at radius 2 is 0.885 bits per heavy atom. The van der Waals surface area contributed by atoms with Gasteiger partial charge in [-0.2, -0.15) is 15.8 Å². The number of ether oxygens (including phenoxy) is 3. The number of H-pyrrole nitrogens is 4. The number of aromatic nitrogens is 8. The van der Waals surface area contributed by atoms with E-state index in [0.29, 0.717) is 39.8 Å². The van der Waals surface area contributed by atoms with Gasteiger partial charge in [-0.15, -0.1) is 0 Å². The molecule has 5 aromatic heterocycles. The summed E-state index contributed by atoms with van der Waals surface area (Å²) in [6, 6.07) is 29.3. The number of nitriles is 3. The van der Waals surface area contributed by atoms with Crippen LogP contribution in [0, 0.1) is 61.7 Å². The van der Waals surface area contributed by atoms with Crippen molar-refractivity contribution < 1.29 is 14.2 Å². The predicted molar refractivity (Wildman–Crippen MR) is 340 cm³/mol. The summed E-state index contributed by atoms with van der Waals surface area (Å²) in [7, 11) is 0. The first-order valence-corrected chi connectivity index (χ1v) is 26.8. The molecule has 21 nitrogen and oxygen atoms in total. The van der Waals surface area contributed by atoms with Gasteiger partial charge in [0.15, 0.2) is 0 Å². The molecular weight excluding hydrogens is 1100 g/mol. The Bertz CT molecular complexity index is 4160. The van der Waals surface area contributed by atoms with Crippen molar-refractivity contribution >= 4 is 24.0 Å². The molecule has 0 amide bonds. The maximum Gasteiger partial charge on any atom is 0.331 e. The van der Waals surface area contributed by atoms with Crippen LogP contribution in [0.5, 0.6) is 34.9 Å². The van der Waals surface area contributed by atoms with Crippen LogP contribution < -0.4 is 53.7 Å². The number of allylic oxidation sites excluding steroid dienone is 3. The zero-order valence-corrected chi connectivity index (χ0v) is 48.7. The van der Waals surface area contributed by atoms with E-state index >= 15 is 0 Å². The summed E-state index contributed by atoms with van der Waals surface area (Å²) in [5.74, 6) is 1.75. The first-order valence-electron chi connectivity index (χ1n) is 26.8. The molecule has 0 bridgehead atoms. The molecule has 0 spiro atoms. The standard InChI is InChI=1S/C24H24N4O3.C23H23N5O3.C17H17N3O3.2CH4/c1-15(2)21-22(29)27-24(30)28(14-19-7-9-26-17(4)12-19)23(21)31-20-11-16(3)10-18(13-20)6-5-8-25;1-14(2)20-21(29)27-23(30)28(13-17-6-8-26-19(25)12-17)22(20)31-18-10-15(3)9-16(11-18)5-4-7-24;1-10(2)14-15(21)19-17(22)20-16(14)23-13-8-11(3)7-12(9-13)5-4-6-18;;/h5-7,9-13,15H,14H2,1-4H3,(H,27,29,30);4-6,8-12,14H,13H2,1-3H3,(H2,25,26)(H,27,29,30);4-5,7-10H,1-3H3,(H2,19,20,21,22);2*1H4/b6-5+;2*5-4+;;. The summed E-state index contributed by atoms with van der Waals surface area (Å²) in [6.07, 6.45) is 12.3. The van der Waals surface area contributed by atoms with Crippen LogP contribution in [-0.4, -0.2) is 39.0 Å². The Morgan fingerprint density at radius 1 is 0.506 bits per heavy atom. The van der Waals surface area contributed by atoms with E-state index in [1.54, 1.807) is 73.1 Å². The molecule has 21 heteroatoms. The number of aromatic amines is 4. The van der Waals surface area contributed by atoms with Gasteiger partial charge in [-0.3, -0.25) is 48.4 Å².